The van der Waals surface area contributed by atoms with E-state index in [9.17, 15) is 4.79 Å². The highest BCUT2D eigenvalue weighted by atomic mass is 32.2. The molecule has 0 radical (unpaired) electrons. The summed E-state index contributed by atoms with van der Waals surface area (Å²) in [5.41, 5.74) is 5.74. The molecule has 5 nitrogen and oxygen atoms in total. The van der Waals surface area contributed by atoms with Crippen LogP contribution in [0.15, 0.2) is 9.95 Å². The Hall–Kier alpha value is -0.750. The van der Waals surface area contributed by atoms with Gasteiger partial charge < -0.3 is 5.73 Å². The van der Waals surface area contributed by atoms with E-state index >= 15 is 0 Å². The van der Waals surface area contributed by atoms with Crippen molar-refractivity contribution in [1.29, 1.82) is 0 Å². The van der Waals surface area contributed by atoms with Gasteiger partial charge in [-0.25, -0.2) is 9.89 Å². The molecule has 1 aromatic rings. The summed E-state index contributed by atoms with van der Waals surface area (Å²) >= 11 is 1.63. The van der Waals surface area contributed by atoms with Gasteiger partial charge in [0.2, 0.25) is 0 Å². The minimum Gasteiger partial charge on any atom is -0.328 e. The average molecular weight is 258 g/mol. The van der Waals surface area contributed by atoms with Gasteiger partial charge in [-0.05, 0) is 25.7 Å². The Morgan fingerprint density at radius 1 is 1.53 bits per heavy atom. The Morgan fingerprint density at radius 2 is 2.29 bits per heavy atom. The maximum Gasteiger partial charge on any atom is 0.343 e. The first-order chi connectivity index (χ1) is 8.19. The summed E-state index contributed by atoms with van der Waals surface area (Å²) in [4.78, 5) is 11.4. The minimum absolute atomic E-state index is 0.111. The van der Waals surface area contributed by atoms with Crippen LogP contribution in [0.2, 0.25) is 0 Å². The molecular formula is C11H22N4OS. The van der Waals surface area contributed by atoms with Gasteiger partial charge in [0.25, 0.3) is 0 Å². The van der Waals surface area contributed by atoms with Crippen LogP contribution in [0.5, 0.6) is 0 Å². The van der Waals surface area contributed by atoms with E-state index in [1.54, 1.807) is 16.3 Å². The van der Waals surface area contributed by atoms with Crippen molar-refractivity contribution < 1.29 is 0 Å². The van der Waals surface area contributed by atoms with Crippen molar-refractivity contribution in [2.45, 2.75) is 57.3 Å². The molecule has 0 bridgehead atoms. The monoisotopic (exact) mass is 258 g/mol. The number of aromatic nitrogens is 3. The average Bonchev–Trinajstić information content (AvgIpc) is 2.67. The summed E-state index contributed by atoms with van der Waals surface area (Å²) in [7, 11) is 0. The van der Waals surface area contributed by atoms with Crippen LogP contribution in [0.25, 0.3) is 0 Å². The third-order valence-corrected chi connectivity index (χ3v) is 3.71. The molecule has 98 valence electrons. The van der Waals surface area contributed by atoms with E-state index in [1.165, 1.54) is 0 Å². The fourth-order valence-electron chi connectivity index (χ4n) is 1.55. The van der Waals surface area contributed by atoms with E-state index in [0.29, 0.717) is 6.04 Å². The first-order valence-electron chi connectivity index (χ1n) is 6.22. The molecule has 0 spiro atoms. The molecule has 3 N–H and O–H groups in total. The van der Waals surface area contributed by atoms with Gasteiger partial charge in [-0.2, -0.15) is 0 Å². The SMILES string of the molecule is CCCn1c(SCCCC(N)CC)n[nH]c1=O. The fourth-order valence-corrected chi connectivity index (χ4v) is 2.48. The predicted molar refractivity (Wildman–Crippen MR) is 71.4 cm³/mol. The molecule has 0 aliphatic rings. The normalized spacial score (nSPS) is 12.9. The number of nitrogens with two attached hydrogens (primary N) is 1. The zero-order chi connectivity index (χ0) is 12.7. The molecule has 1 unspecified atom stereocenters. The number of hydrogen-bond acceptors (Lipinski definition) is 4. The maximum atomic E-state index is 11.4. The molecule has 0 saturated heterocycles. The minimum atomic E-state index is -0.111. The molecular weight excluding hydrogens is 236 g/mol. The summed E-state index contributed by atoms with van der Waals surface area (Å²) in [5.74, 6) is 0.960. The summed E-state index contributed by atoms with van der Waals surface area (Å²) < 4.78 is 1.70. The standard InChI is InChI=1S/C11H22N4OS/c1-3-7-15-10(16)13-14-11(15)17-8-5-6-9(12)4-2/h9H,3-8,12H2,1-2H3,(H,13,16). The first kappa shape index (κ1) is 14.3. The number of aromatic amines is 1. The summed E-state index contributed by atoms with van der Waals surface area (Å²) in [5, 5.41) is 7.32. The first-order valence-corrected chi connectivity index (χ1v) is 7.21. The molecule has 0 amide bonds. The van der Waals surface area contributed by atoms with Gasteiger partial charge in [0, 0.05) is 18.3 Å². The van der Waals surface area contributed by atoms with Gasteiger partial charge in [-0.3, -0.25) is 4.57 Å². The second kappa shape index (κ2) is 7.55. The van der Waals surface area contributed by atoms with E-state index in [4.69, 9.17) is 5.73 Å². The third kappa shape index (κ3) is 4.55. The van der Waals surface area contributed by atoms with Gasteiger partial charge in [-0.15, -0.1) is 5.10 Å². The highest BCUT2D eigenvalue weighted by Crippen LogP contribution is 2.16. The maximum absolute atomic E-state index is 11.4. The van der Waals surface area contributed by atoms with Gasteiger partial charge in [0.1, 0.15) is 0 Å². The molecule has 0 fully saturated rings. The summed E-state index contributed by atoms with van der Waals surface area (Å²) in [6, 6.07) is 0.299. The molecule has 6 heteroatoms. The van der Waals surface area contributed by atoms with E-state index in [0.717, 1.165) is 43.1 Å². The van der Waals surface area contributed by atoms with E-state index in [-0.39, 0.29) is 5.69 Å². The van der Waals surface area contributed by atoms with Crippen LogP contribution in [-0.2, 0) is 6.54 Å². The van der Waals surface area contributed by atoms with Crippen LogP contribution in [0.1, 0.15) is 39.5 Å². The highest BCUT2D eigenvalue weighted by molar-refractivity contribution is 7.99. The zero-order valence-electron chi connectivity index (χ0n) is 10.6. The molecule has 0 saturated carbocycles. The van der Waals surface area contributed by atoms with E-state index in [2.05, 4.69) is 17.1 Å². The van der Waals surface area contributed by atoms with Crippen molar-refractivity contribution in [3.63, 3.8) is 0 Å². The number of nitrogens with one attached hydrogen (secondary N) is 1. The topological polar surface area (TPSA) is 76.7 Å². The smallest absolute Gasteiger partial charge is 0.328 e. The van der Waals surface area contributed by atoms with Crippen molar-refractivity contribution >= 4 is 11.8 Å². The van der Waals surface area contributed by atoms with Gasteiger partial charge in [-0.1, -0.05) is 25.6 Å². The number of rotatable bonds is 8. The molecule has 1 heterocycles. The van der Waals surface area contributed by atoms with Gasteiger partial charge in [0.15, 0.2) is 5.16 Å². The Kier molecular flexibility index (Phi) is 6.36. The molecule has 1 aromatic heterocycles. The van der Waals surface area contributed by atoms with Crippen molar-refractivity contribution in [3.8, 4) is 0 Å². The largest absolute Gasteiger partial charge is 0.343 e. The molecule has 1 rings (SSSR count). The van der Waals surface area contributed by atoms with E-state index in [1.807, 2.05) is 6.92 Å². The lowest BCUT2D eigenvalue weighted by molar-refractivity contribution is 0.586. The molecule has 0 aromatic carbocycles. The van der Waals surface area contributed by atoms with Crippen LogP contribution < -0.4 is 11.4 Å². The fraction of sp³-hybridized carbons (Fsp3) is 0.818. The summed E-state index contributed by atoms with van der Waals surface area (Å²) in [6.07, 6.45) is 4.06. The van der Waals surface area contributed by atoms with Crippen molar-refractivity contribution in [2.24, 2.45) is 5.73 Å². The Morgan fingerprint density at radius 3 is 2.94 bits per heavy atom. The van der Waals surface area contributed by atoms with Crippen molar-refractivity contribution in [3.05, 3.63) is 10.5 Å². The Balaban J connectivity index is 2.38. The number of thioether (sulfide) groups is 1. The zero-order valence-corrected chi connectivity index (χ0v) is 11.4. The molecule has 17 heavy (non-hydrogen) atoms. The molecule has 0 aliphatic heterocycles. The number of hydrogen-bond donors (Lipinski definition) is 2. The number of nitrogens with zero attached hydrogens (tertiary/aromatic N) is 2. The lowest BCUT2D eigenvalue weighted by Gasteiger charge is -2.07. The van der Waals surface area contributed by atoms with Crippen LogP contribution in [-0.4, -0.2) is 26.6 Å². The second-order valence-electron chi connectivity index (χ2n) is 4.12. The van der Waals surface area contributed by atoms with Crippen LogP contribution in [0.4, 0.5) is 0 Å². The molecule has 0 aliphatic carbocycles. The Bertz CT molecular complexity index is 374. The second-order valence-corrected chi connectivity index (χ2v) is 5.18. The predicted octanol–water partition coefficient (Wildman–Crippen LogP) is 1.59. The van der Waals surface area contributed by atoms with Crippen LogP contribution in [0.3, 0.4) is 0 Å². The Labute approximate surface area is 106 Å². The lowest BCUT2D eigenvalue weighted by Crippen LogP contribution is -2.18. The lowest BCUT2D eigenvalue weighted by atomic mass is 10.1. The summed E-state index contributed by atoms with van der Waals surface area (Å²) in [6.45, 7) is 4.88. The highest BCUT2D eigenvalue weighted by Gasteiger charge is 2.07. The van der Waals surface area contributed by atoms with Gasteiger partial charge in [0.05, 0.1) is 0 Å². The van der Waals surface area contributed by atoms with Gasteiger partial charge >= 0.3 is 5.69 Å². The van der Waals surface area contributed by atoms with Crippen LogP contribution >= 0.6 is 11.8 Å². The number of H-pyrrole nitrogens is 1. The van der Waals surface area contributed by atoms with Crippen LogP contribution in [0, 0.1) is 0 Å². The molecule has 1 atom stereocenters. The van der Waals surface area contributed by atoms with E-state index < -0.39 is 0 Å². The third-order valence-electron chi connectivity index (χ3n) is 2.65. The van der Waals surface area contributed by atoms with Crippen molar-refractivity contribution in [1.82, 2.24) is 14.8 Å². The van der Waals surface area contributed by atoms with Crippen molar-refractivity contribution in [2.75, 3.05) is 5.75 Å². The quantitative estimate of drug-likeness (QED) is 0.548.